The van der Waals surface area contributed by atoms with E-state index in [4.69, 9.17) is 4.74 Å². The molecule has 0 amide bonds. The molecular formula is C16H32N2O2. The van der Waals surface area contributed by atoms with Crippen LogP contribution < -0.4 is 5.32 Å². The lowest BCUT2D eigenvalue weighted by molar-refractivity contribution is -0.0391. The molecule has 2 N–H and O–H groups in total. The molecule has 20 heavy (non-hydrogen) atoms. The molecule has 0 aromatic rings. The van der Waals surface area contributed by atoms with E-state index < -0.39 is 0 Å². The number of morpholine rings is 1. The normalized spacial score (nSPS) is 36.1. The zero-order valence-electron chi connectivity index (χ0n) is 13.2. The molecule has 0 bridgehead atoms. The topological polar surface area (TPSA) is 44.7 Å². The number of hydrogen-bond donors (Lipinski definition) is 2. The second kappa shape index (κ2) is 8.32. The lowest BCUT2D eigenvalue weighted by Gasteiger charge is -2.42. The van der Waals surface area contributed by atoms with E-state index in [0.717, 1.165) is 31.5 Å². The van der Waals surface area contributed by atoms with Gasteiger partial charge in [-0.15, -0.1) is 0 Å². The van der Waals surface area contributed by atoms with Crippen LogP contribution in [0.4, 0.5) is 0 Å². The first-order chi connectivity index (χ1) is 9.78. The first kappa shape index (κ1) is 16.2. The van der Waals surface area contributed by atoms with Gasteiger partial charge in [-0.25, -0.2) is 0 Å². The van der Waals surface area contributed by atoms with Crippen molar-refractivity contribution >= 4 is 0 Å². The van der Waals surface area contributed by atoms with Crippen molar-refractivity contribution < 1.29 is 9.84 Å². The first-order valence-corrected chi connectivity index (χ1v) is 8.38. The molecule has 4 nitrogen and oxygen atoms in total. The number of aliphatic hydroxyl groups excluding tert-OH is 1. The molecular weight excluding hydrogens is 252 g/mol. The molecule has 0 aromatic carbocycles. The molecule has 0 aromatic heterocycles. The minimum absolute atomic E-state index is 0.202. The van der Waals surface area contributed by atoms with E-state index >= 15 is 0 Å². The van der Waals surface area contributed by atoms with E-state index in [1.165, 1.54) is 32.1 Å². The second-order valence-corrected chi connectivity index (χ2v) is 6.53. The Bertz CT molecular complexity index is 275. The van der Waals surface area contributed by atoms with Gasteiger partial charge in [-0.05, 0) is 38.1 Å². The minimum Gasteiger partial charge on any atom is -0.395 e. The summed E-state index contributed by atoms with van der Waals surface area (Å²) in [5.74, 6) is 1.63. The van der Waals surface area contributed by atoms with Crippen LogP contribution in [-0.4, -0.2) is 62.0 Å². The molecule has 2 rings (SSSR count). The van der Waals surface area contributed by atoms with Crippen LogP contribution in [0.15, 0.2) is 0 Å². The van der Waals surface area contributed by atoms with Crippen molar-refractivity contribution in [1.29, 1.82) is 0 Å². The molecule has 1 saturated carbocycles. The fourth-order valence-corrected chi connectivity index (χ4v) is 4.01. The van der Waals surface area contributed by atoms with Crippen LogP contribution >= 0.6 is 0 Å². The smallest absolute Gasteiger partial charge is 0.0644 e. The standard InChI is InChI=1S/C16H32N2O2/c1-3-4-13-5-6-16(17-2)14(9-13)10-18-7-8-20-12-15(18)11-19/h13-17,19H,3-12H2,1-2H3. The number of nitrogens with one attached hydrogen (secondary N) is 1. The van der Waals surface area contributed by atoms with Crippen LogP contribution in [0.1, 0.15) is 39.0 Å². The SMILES string of the molecule is CCCC1CCC(NC)C(CN2CCOCC2CO)C1. The molecule has 1 aliphatic carbocycles. The summed E-state index contributed by atoms with van der Waals surface area (Å²) in [5, 5.41) is 13.0. The van der Waals surface area contributed by atoms with Crippen molar-refractivity contribution in [2.45, 2.75) is 51.1 Å². The van der Waals surface area contributed by atoms with Gasteiger partial charge in [-0.3, -0.25) is 4.90 Å². The second-order valence-electron chi connectivity index (χ2n) is 6.53. The quantitative estimate of drug-likeness (QED) is 0.775. The van der Waals surface area contributed by atoms with Crippen LogP contribution in [0, 0.1) is 11.8 Å². The molecule has 1 saturated heterocycles. The summed E-state index contributed by atoms with van der Waals surface area (Å²) in [6, 6.07) is 0.845. The van der Waals surface area contributed by atoms with Gasteiger partial charge in [0.2, 0.25) is 0 Å². The van der Waals surface area contributed by atoms with Gasteiger partial charge in [0.1, 0.15) is 0 Å². The molecule has 0 radical (unpaired) electrons. The Morgan fingerprint density at radius 2 is 2.20 bits per heavy atom. The summed E-state index contributed by atoms with van der Waals surface area (Å²) in [7, 11) is 2.10. The average Bonchev–Trinajstić information content (AvgIpc) is 2.48. The van der Waals surface area contributed by atoms with E-state index in [0.29, 0.717) is 12.6 Å². The zero-order valence-corrected chi connectivity index (χ0v) is 13.2. The maximum absolute atomic E-state index is 9.51. The monoisotopic (exact) mass is 284 g/mol. The highest BCUT2D eigenvalue weighted by atomic mass is 16.5. The number of aliphatic hydroxyl groups is 1. The van der Waals surface area contributed by atoms with Crippen LogP contribution in [0.25, 0.3) is 0 Å². The summed E-state index contributed by atoms with van der Waals surface area (Å²) >= 11 is 0. The number of nitrogens with zero attached hydrogens (tertiary/aromatic N) is 1. The van der Waals surface area contributed by atoms with Crippen molar-refractivity contribution in [3.8, 4) is 0 Å². The van der Waals surface area contributed by atoms with E-state index in [-0.39, 0.29) is 12.6 Å². The Morgan fingerprint density at radius 3 is 2.90 bits per heavy atom. The van der Waals surface area contributed by atoms with E-state index in [2.05, 4.69) is 24.2 Å². The van der Waals surface area contributed by atoms with Crippen molar-refractivity contribution in [1.82, 2.24) is 10.2 Å². The van der Waals surface area contributed by atoms with Crippen molar-refractivity contribution in [2.24, 2.45) is 11.8 Å². The Balaban J connectivity index is 1.92. The molecule has 4 atom stereocenters. The minimum atomic E-state index is 0.202. The molecule has 118 valence electrons. The lowest BCUT2D eigenvalue weighted by Crippen LogP contribution is -2.52. The van der Waals surface area contributed by atoms with Gasteiger partial charge in [-0.2, -0.15) is 0 Å². The fourth-order valence-electron chi connectivity index (χ4n) is 4.01. The maximum atomic E-state index is 9.51. The Kier molecular flexibility index (Phi) is 6.75. The van der Waals surface area contributed by atoms with E-state index in [1.54, 1.807) is 0 Å². The van der Waals surface area contributed by atoms with Crippen molar-refractivity contribution in [2.75, 3.05) is 40.0 Å². The molecule has 0 spiro atoms. The lowest BCUT2D eigenvalue weighted by atomic mass is 9.76. The summed E-state index contributed by atoms with van der Waals surface area (Å²) < 4.78 is 5.49. The maximum Gasteiger partial charge on any atom is 0.0644 e. The predicted octanol–water partition coefficient (Wildman–Crippen LogP) is 1.48. The van der Waals surface area contributed by atoms with Gasteiger partial charge in [0.25, 0.3) is 0 Å². The summed E-state index contributed by atoms with van der Waals surface area (Å²) in [5.41, 5.74) is 0. The van der Waals surface area contributed by atoms with Crippen molar-refractivity contribution in [3.05, 3.63) is 0 Å². The van der Waals surface area contributed by atoms with E-state index in [1.807, 2.05) is 0 Å². The molecule has 1 heterocycles. The summed E-state index contributed by atoms with van der Waals surface area (Å²) in [4.78, 5) is 2.45. The third-order valence-corrected chi connectivity index (χ3v) is 5.19. The number of rotatable bonds is 6. The van der Waals surface area contributed by atoms with Crippen LogP contribution in [0.5, 0.6) is 0 Å². The predicted molar refractivity (Wildman–Crippen MR) is 81.9 cm³/mol. The third-order valence-electron chi connectivity index (χ3n) is 5.19. The average molecular weight is 284 g/mol. The molecule has 1 aliphatic heterocycles. The molecule has 2 aliphatic rings. The molecule has 4 heteroatoms. The fraction of sp³-hybridized carbons (Fsp3) is 1.00. The highest BCUT2D eigenvalue weighted by molar-refractivity contribution is 4.88. The molecule has 2 fully saturated rings. The van der Waals surface area contributed by atoms with Crippen LogP contribution in [-0.2, 0) is 4.74 Å². The highest BCUT2D eigenvalue weighted by Crippen LogP contribution is 2.33. The van der Waals surface area contributed by atoms with Gasteiger partial charge < -0.3 is 15.2 Å². The summed E-state index contributed by atoms with van der Waals surface area (Å²) in [6.45, 7) is 6.09. The van der Waals surface area contributed by atoms with E-state index in [9.17, 15) is 5.11 Å². The van der Waals surface area contributed by atoms with Crippen LogP contribution in [0.2, 0.25) is 0 Å². The van der Waals surface area contributed by atoms with Gasteiger partial charge in [0.05, 0.1) is 25.9 Å². The molecule has 4 unspecified atom stereocenters. The summed E-state index contributed by atoms with van der Waals surface area (Å²) in [6.07, 6.45) is 6.70. The largest absolute Gasteiger partial charge is 0.395 e. The highest BCUT2D eigenvalue weighted by Gasteiger charge is 2.32. The van der Waals surface area contributed by atoms with Gasteiger partial charge >= 0.3 is 0 Å². The Morgan fingerprint density at radius 1 is 1.35 bits per heavy atom. The Hall–Kier alpha value is -0.160. The van der Waals surface area contributed by atoms with Gasteiger partial charge in [-0.1, -0.05) is 19.8 Å². The zero-order chi connectivity index (χ0) is 14.4. The third kappa shape index (κ3) is 4.17. The van der Waals surface area contributed by atoms with Crippen molar-refractivity contribution in [3.63, 3.8) is 0 Å². The number of ether oxygens (including phenoxy) is 1. The number of hydrogen-bond acceptors (Lipinski definition) is 4. The van der Waals surface area contributed by atoms with Gasteiger partial charge in [0, 0.05) is 19.1 Å². The first-order valence-electron chi connectivity index (χ1n) is 8.38. The van der Waals surface area contributed by atoms with Gasteiger partial charge in [0.15, 0.2) is 0 Å². The van der Waals surface area contributed by atoms with Crippen LogP contribution in [0.3, 0.4) is 0 Å². The Labute approximate surface area is 123 Å².